The van der Waals surface area contributed by atoms with Crippen LogP contribution in [0.1, 0.15) is 27.0 Å². The molecule has 1 heterocycles. The number of aromatic nitrogens is 1. The Bertz CT molecular complexity index is 921. The number of hydrogen-bond donors (Lipinski definition) is 2. The van der Waals surface area contributed by atoms with Gasteiger partial charge in [0.05, 0.1) is 5.56 Å². The van der Waals surface area contributed by atoms with Crippen LogP contribution in [0.5, 0.6) is 0 Å². The van der Waals surface area contributed by atoms with Crippen molar-refractivity contribution in [3.8, 4) is 0 Å². The van der Waals surface area contributed by atoms with Crippen molar-refractivity contribution >= 4 is 17.4 Å². The average Bonchev–Trinajstić information content (AvgIpc) is 2.67. The van der Waals surface area contributed by atoms with Gasteiger partial charge in [-0.1, -0.05) is 18.2 Å². The molecule has 27 heavy (non-hydrogen) atoms. The van der Waals surface area contributed by atoms with Crippen molar-refractivity contribution in [2.24, 2.45) is 0 Å². The van der Waals surface area contributed by atoms with Crippen LogP contribution < -0.4 is 10.6 Å². The van der Waals surface area contributed by atoms with Gasteiger partial charge >= 0.3 is 0 Å². The molecule has 138 valence electrons. The van der Waals surface area contributed by atoms with Gasteiger partial charge in [-0.2, -0.15) is 0 Å². The maximum atomic E-state index is 12.9. The summed E-state index contributed by atoms with van der Waals surface area (Å²) in [6.07, 6.45) is 2.31. The van der Waals surface area contributed by atoms with Gasteiger partial charge in [0.2, 0.25) is 0 Å². The van der Waals surface area contributed by atoms with Crippen molar-refractivity contribution < 1.29 is 9.18 Å². The zero-order valence-electron chi connectivity index (χ0n) is 15.4. The van der Waals surface area contributed by atoms with Crippen LogP contribution in [0.3, 0.4) is 0 Å². The van der Waals surface area contributed by atoms with Crippen molar-refractivity contribution in [2.75, 3.05) is 17.2 Å². The van der Waals surface area contributed by atoms with Crippen LogP contribution in [0.25, 0.3) is 0 Å². The average molecular weight is 363 g/mol. The highest BCUT2D eigenvalue weighted by atomic mass is 19.1. The van der Waals surface area contributed by atoms with Gasteiger partial charge in [0.1, 0.15) is 11.6 Å². The lowest BCUT2D eigenvalue weighted by Crippen LogP contribution is -2.13. The van der Waals surface area contributed by atoms with E-state index in [0.29, 0.717) is 17.9 Å². The monoisotopic (exact) mass is 363 g/mol. The number of anilines is 2. The molecule has 4 nitrogen and oxygen atoms in total. The van der Waals surface area contributed by atoms with E-state index in [2.05, 4.69) is 15.6 Å². The van der Waals surface area contributed by atoms with Crippen LogP contribution in [-0.2, 0) is 6.42 Å². The molecule has 2 aromatic carbocycles. The molecule has 2 N–H and O–H groups in total. The van der Waals surface area contributed by atoms with Crippen molar-refractivity contribution in [3.63, 3.8) is 0 Å². The summed E-state index contributed by atoms with van der Waals surface area (Å²) in [5, 5.41) is 6.09. The molecule has 0 aliphatic heterocycles. The first-order valence-electron chi connectivity index (χ1n) is 8.84. The number of halogens is 1. The van der Waals surface area contributed by atoms with Crippen LogP contribution in [-0.4, -0.2) is 17.4 Å². The lowest BCUT2D eigenvalue weighted by molar-refractivity contribution is 0.102. The predicted molar refractivity (Wildman–Crippen MR) is 107 cm³/mol. The predicted octanol–water partition coefficient (Wildman–Crippen LogP) is 4.74. The number of nitrogens with one attached hydrogen (secondary N) is 2. The number of carbonyl (C=O) groups is 1. The number of hydrogen-bond acceptors (Lipinski definition) is 3. The quantitative estimate of drug-likeness (QED) is 0.665. The Balaban J connectivity index is 1.53. The smallest absolute Gasteiger partial charge is 0.257 e. The number of pyridine rings is 1. The van der Waals surface area contributed by atoms with Gasteiger partial charge < -0.3 is 10.6 Å². The van der Waals surface area contributed by atoms with E-state index in [-0.39, 0.29) is 11.7 Å². The summed E-state index contributed by atoms with van der Waals surface area (Å²) in [7, 11) is 0. The minimum absolute atomic E-state index is 0.191. The molecule has 0 unspecified atom stereocenters. The van der Waals surface area contributed by atoms with Crippen molar-refractivity contribution in [1.29, 1.82) is 0 Å². The fourth-order valence-corrected chi connectivity index (χ4v) is 2.64. The van der Waals surface area contributed by atoms with Gasteiger partial charge in [0.15, 0.2) is 0 Å². The number of benzene rings is 2. The third-order valence-electron chi connectivity index (χ3n) is 4.42. The fraction of sp³-hybridized carbons (Fsp3) is 0.182. The lowest BCUT2D eigenvalue weighted by Gasteiger charge is -2.09. The highest BCUT2D eigenvalue weighted by molar-refractivity contribution is 6.04. The van der Waals surface area contributed by atoms with E-state index < -0.39 is 0 Å². The van der Waals surface area contributed by atoms with Gasteiger partial charge in [-0.05, 0) is 73.4 Å². The fourth-order valence-electron chi connectivity index (χ4n) is 2.64. The minimum Gasteiger partial charge on any atom is -0.370 e. The Kier molecular flexibility index (Phi) is 5.81. The number of carbonyl (C=O) groups excluding carboxylic acids is 1. The molecule has 1 amide bonds. The highest BCUT2D eigenvalue weighted by Gasteiger charge is 2.07. The van der Waals surface area contributed by atoms with E-state index in [9.17, 15) is 9.18 Å². The number of amides is 1. The maximum Gasteiger partial charge on any atom is 0.257 e. The lowest BCUT2D eigenvalue weighted by atomic mass is 10.1. The number of nitrogens with zero attached hydrogens (tertiary/aromatic N) is 1. The van der Waals surface area contributed by atoms with E-state index in [1.54, 1.807) is 30.5 Å². The molecular weight excluding hydrogens is 341 g/mol. The highest BCUT2D eigenvalue weighted by Crippen LogP contribution is 2.15. The summed E-state index contributed by atoms with van der Waals surface area (Å²) in [5.41, 5.74) is 4.63. The molecule has 0 fully saturated rings. The molecule has 0 radical (unpaired) electrons. The van der Waals surface area contributed by atoms with Gasteiger partial charge in [-0.15, -0.1) is 0 Å². The van der Waals surface area contributed by atoms with Crippen LogP contribution in [0.4, 0.5) is 15.9 Å². The molecule has 3 aromatic rings. The third kappa shape index (κ3) is 5.14. The summed E-state index contributed by atoms with van der Waals surface area (Å²) >= 11 is 0. The Morgan fingerprint density at radius 3 is 2.44 bits per heavy atom. The van der Waals surface area contributed by atoms with E-state index in [1.807, 2.05) is 32.0 Å². The summed E-state index contributed by atoms with van der Waals surface area (Å²) < 4.78 is 12.9. The van der Waals surface area contributed by atoms with E-state index in [4.69, 9.17) is 0 Å². The first-order chi connectivity index (χ1) is 13.0. The Morgan fingerprint density at radius 1 is 1.00 bits per heavy atom. The van der Waals surface area contributed by atoms with Crippen molar-refractivity contribution in [2.45, 2.75) is 20.3 Å². The van der Waals surface area contributed by atoms with Gasteiger partial charge in [0, 0.05) is 18.4 Å². The summed E-state index contributed by atoms with van der Waals surface area (Å²) in [6, 6.07) is 15.8. The Morgan fingerprint density at radius 2 is 1.78 bits per heavy atom. The van der Waals surface area contributed by atoms with Crippen LogP contribution >= 0.6 is 0 Å². The van der Waals surface area contributed by atoms with E-state index in [0.717, 1.165) is 23.2 Å². The molecule has 0 atom stereocenters. The van der Waals surface area contributed by atoms with Crippen LogP contribution in [0.2, 0.25) is 0 Å². The van der Waals surface area contributed by atoms with Gasteiger partial charge in [-0.3, -0.25) is 4.79 Å². The van der Waals surface area contributed by atoms with E-state index in [1.165, 1.54) is 17.7 Å². The molecule has 3 rings (SSSR count). The molecule has 0 aliphatic carbocycles. The summed E-state index contributed by atoms with van der Waals surface area (Å²) in [6.45, 7) is 4.72. The normalized spacial score (nSPS) is 10.5. The SMILES string of the molecule is Cc1ccc(NC(=O)c2ccc(NCCc3ccc(F)cc3)nc2)cc1C. The zero-order chi connectivity index (χ0) is 19.2. The summed E-state index contributed by atoms with van der Waals surface area (Å²) in [4.78, 5) is 16.6. The molecule has 0 aliphatic rings. The molecule has 1 aromatic heterocycles. The van der Waals surface area contributed by atoms with E-state index >= 15 is 0 Å². The first-order valence-corrected chi connectivity index (χ1v) is 8.84. The van der Waals surface area contributed by atoms with Crippen molar-refractivity contribution in [1.82, 2.24) is 4.98 Å². The maximum absolute atomic E-state index is 12.9. The number of rotatable bonds is 6. The standard InChI is InChI=1S/C22H22FN3O/c1-15-3-9-20(13-16(15)2)26-22(27)18-6-10-21(25-14-18)24-12-11-17-4-7-19(23)8-5-17/h3-10,13-14H,11-12H2,1-2H3,(H,24,25)(H,26,27). The first kappa shape index (κ1) is 18.6. The molecular formula is C22H22FN3O. The van der Waals surface area contributed by atoms with Gasteiger partial charge in [0.25, 0.3) is 5.91 Å². The third-order valence-corrected chi connectivity index (χ3v) is 4.42. The molecule has 5 heteroatoms. The second-order valence-electron chi connectivity index (χ2n) is 6.49. The number of aryl methyl sites for hydroxylation is 2. The molecule has 0 saturated carbocycles. The molecule has 0 bridgehead atoms. The second-order valence-corrected chi connectivity index (χ2v) is 6.49. The summed E-state index contributed by atoms with van der Waals surface area (Å²) in [5.74, 6) is 0.270. The van der Waals surface area contributed by atoms with Crippen molar-refractivity contribution in [3.05, 3.63) is 88.9 Å². The second kappa shape index (κ2) is 8.45. The van der Waals surface area contributed by atoms with Crippen LogP contribution in [0.15, 0.2) is 60.8 Å². The zero-order valence-corrected chi connectivity index (χ0v) is 15.4. The Hall–Kier alpha value is -3.21. The molecule has 0 spiro atoms. The minimum atomic E-state index is -0.233. The van der Waals surface area contributed by atoms with Crippen LogP contribution in [0, 0.1) is 19.7 Å². The largest absolute Gasteiger partial charge is 0.370 e. The molecule has 0 saturated heterocycles. The Labute approximate surface area is 158 Å². The van der Waals surface area contributed by atoms with Gasteiger partial charge in [-0.25, -0.2) is 9.37 Å². The topological polar surface area (TPSA) is 54.0 Å².